The van der Waals surface area contributed by atoms with Gasteiger partial charge in [0.05, 0.1) is 5.56 Å². The fourth-order valence-corrected chi connectivity index (χ4v) is 2.43. The first kappa shape index (κ1) is 14.8. The highest BCUT2D eigenvalue weighted by atomic mass is 19.4. The van der Waals surface area contributed by atoms with E-state index in [1.54, 1.807) is 0 Å². The van der Waals surface area contributed by atoms with Crippen LogP contribution in [-0.4, -0.2) is 23.9 Å². The van der Waals surface area contributed by atoms with Crippen molar-refractivity contribution in [2.75, 3.05) is 13.1 Å². The van der Waals surface area contributed by atoms with Crippen LogP contribution in [0.15, 0.2) is 24.3 Å². The maximum absolute atomic E-state index is 12.4. The van der Waals surface area contributed by atoms with E-state index in [1.165, 1.54) is 12.1 Å². The number of alkyl halides is 3. The number of carbonyl (C=O) groups excluding carboxylic acids is 1. The van der Waals surface area contributed by atoms with Crippen LogP contribution in [0, 0.1) is 5.92 Å². The van der Waals surface area contributed by atoms with Gasteiger partial charge in [0.1, 0.15) is 0 Å². The van der Waals surface area contributed by atoms with Gasteiger partial charge < -0.3 is 5.73 Å². The monoisotopic (exact) mass is 286 g/mol. The van der Waals surface area contributed by atoms with E-state index < -0.39 is 11.7 Å². The van der Waals surface area contributed by atoms with Gasteiger partial charge in [0.25, 0.3) is 0 Å². The third kappa shape index (κ3) is 3.72. The van der Waals surface area contributed by atoms with Gasteiger partial charge in [-0.15, -0.1) is 0 Å². The van der Waals surface area contributed by atoms with Crippen LogP contribution in [0.25, 0.3) is 0 Å². The predicted molar refractivity (Wildman–Crippen MR) is 68.6 cm³/mol. The number of hydrogen-bond donors (Lipinski definition) is 1. The zero-order valence-corrected chi connectivity index (χ0v) is 11.0. The van der Waals surface area contributed by atoms with Crippen molar-refractivity contribution in [2.45, 2.75) is 25.6 Å². The lowest BCUT2D eigenvalue weighted by Gasteiger charge is -2.30. The van der Waals surface area contributed by atoms with E-state index in [1.807, 2.05) is 0 Å². The van der Waals surface area contributed by atoms with Gasteiger partial charge in [-0.05, 0) is 43.6 Å². The first-order valence-corrected chi connectivity index (χ1v) is 6.54. The molecule has 6 heteroatoms. The summed E-state index contributed by atoms with van der Waals surface area (Å²) in [7, 11) is 0. The normalized spacial score (nSPS) is 18.1. The quantitative estimate of drug-likeness (QED) is 0.927. The average Bonchev–Trinajstić information content (AvgIpc) is 2.39. The first-order valence-electron chi connectivity index (χ1n) is 6.54. The van der Waals surface area contributed by atoms with Crippen molar-refractivity contribution in [1.29, 1.82) is 0 Å². The molecule has 1 fully saturated rings. The number of halogens is 3. The first-order chi connectivity index (χ1) is 9.36. The number of nitrogens with two attached hydrogens (primary N) is 1. The molecule has 0 radical (unpaired) electrons. The number of nitrogens with zero attached hydrogens (tertiary/aromatic N) is 1. The van der Waals surface area contributed by atoms with Crippen LogP contribution in [0.1, 0.15) is 24.0 Å². The molecule has 0 unspecified atom stereocenters. The predicted octanol–water partition coefficient (Wildman–Crippen LogP) is 2.40. The second-order valence-corrected chi connectivity index (χ2v) is 5.15. The molecule has 1 heterocycles. The highest BCUT2D eigenvalue weighted by Gasteiger charge is 2.30. The van der Waals surface area contributed by atoms with E-state index >= 15 is 0 Å². The van der Waals surface area contributed by atoms with E-state index in [2.05, 4.69) is 4.90 Å². The van der Waals surface area contributed by atoms with Crippen molar-refractivity contribution in [2.24, 2.45) is 11.7 Å². The van der Waals surface area contributed by atoms with Gasteiger partial charge in [0.2, 0.25) is 5.91 Å². The molecule has 1 saturated heterocycles. The molecule has 0 aromatic heterocycles. The summed E-state index contributed by atoms with van der Waals surface area (Å²) in [6, 6.07) is 5.21. The van der Waals surface area contributed by atoms with Gasteiger partial charge >= 0.3 is 6.18 Å². The molecule has 1 aromatic rings. The van der Waals surface area contributed by atoms with E-state index in [0.717, 1.165) is 43.6 Å². The fraction of sp³-hybridized carbons (Fsp3) is 0.500. The van der Waals surface area contributed by atoms with Crippen LogP contribution < -0.4 is 5.73 Å². The summed E-state index contributed by atoms with van der Waals surface area (Å²) >= 11 is 0. The smallest absolute Gasteiger partial charge is 0.369 e. The molecule has 0 atom stereocenters. The topological polar surface area (TPSA) is 46.3 Å². The Labute approximate surface area is 115 Å². The van der Waals surface area contributed by atoms with Gasteiger partial charge in [0.15, 0.2) is 0 Å². The van der Waals surface area contributed by atoms with E-state index in [9.17, 15) is 18.0 Å². The van der Waals surface area contributed by atoms with Gasteiger partial charge in [-0.25, -0.2) is 0 Å². The van der Waals surface area contributed by atoms with Crippen molar-refractivity contribution >= 4 is 5.91 Å². The molecule has 20 heavy (non-hydrogen) atoms. The maximum Gasteiger partial charge on any atom is 0.416 e. The molecule has 1 aliphatic heterocycles. The summed E-state index contributed by atoms with van der Waals surface area (Å²) in [5.41, 5.74) is 5.47. The Balaban J connectivity index is 1.90. The molecule has 2 N–H and O–H groups in total. The number of amides is 1. The van der Waals surface area contributed by atoms with Crippen LogP contribution in [0.4, 0.5) is 13.2 Å². The van der Waals surface area contributed by atoms with Crippen LogP contribution in [0.5, 0.6) is 0 Å². The highest BCUT2D eigenvalue weighted by molar-refractivity contribution is 5.76. The standard InChI is InChI=1S/C14H17F3N2O/c15-14(16,17)12-3-1-10(2-4-12)9-19-7-5-11(6-8-19)13(18)20/h1-4,11H,5-9H2,(H2,18,20). The highest BCUT2D eigenvalue weighted by Crippen LogP contribution is 2.29. The minimum Gasteiger partial charge on any atom is -0.369 e. The largest absolute Gasteiger partial charge is 0.416 e. The molecule has 0 aliphatic carbocycles. The van der Waals surface area contributed by atoms with Crippen LogP contribution in [0.2, 0.25) is 0 Å². The third-order valence-electron chi connectivity index (χ3n) is 3.68. The number of rotatable bonds is 3. The van der Waals surface area contributed by atoms with Crippen molar-refractivity contribution in [3.05, 3.63) is 35.4 Å². The molecule has 110 valence electrons. The van der Waals surface area contributed by atoms with E-state index in [-0.39, 0.29) is 11.8 Å². The molecule has 0 bridgehead atoms. The van der Waals surface area contributed by atoms with Gasteiger partial charge in [-0.3, -0.25) is 9.69 Å². The molecule has 2 rings (SSSR count). The number of carbonyl (C=O) groups is 1. The van der Waals surface area contributed by atoms with Gasteiger partial charge in [-0.2, -0.15) is 13.2 Å². The second-order valence-electron chi connectivity index (χ2n) is 5.15. The average molecular weight is 286 g/mol. The molecular formula is C14H17F3N2O. The minimum atomic E-state index is -4.29. The molecule has 0 saturated carbocycles. The summed E-state index contributed by atoms with van der Waals surface area (Å²) in [6.45, 7) is 2.09. The SMILES string of the molecule is NC(=O)C1CCN(Cc2ccc(C(F)(F)F)cc2)CC1. The molecule has 0 spiro atoms. The van der Waals surface area contributed by atoms with Gasteiger partial charge in [0, 0.05) is 12.5 Å². The van der Waals surface area contributed by atoms with E-state index in [0.29, 0.717) is 6.54 Å². The van der Waals surface area contributed by atoms with Crippen LogP contribution >= 0.6 is 0 Å². The Hall–Kier alpha value is -1.56. The van der Waals surface area contributed by atoms with Gasteiger partial charge in [-0.1, -0.05) is 12.1 Å². The molecule has 1 aliphatic rings. The minimum absolute atomic E-state index is 0.0705. The number of likely N-dealkylation sites (tertiary alicyclic amines) is 1. The molecule has 1 aromatic carbocycles. The Bertz CT molecular complexity index is 462. The Kier molecular flexibility index (Phi) is 4.32. The summed E-state index contributed by atoms with van der Waals surface area (Å²) in [5.74, 6) is -0.335. The zero-order valence-electron chi connectivity index (χ0n) is 11.0. The summed E-state index contributed by atoms with van der Waals surface area (Å²) in [6.07, 6.45) is -2.86. The number of piperidine rings is 1. The van der Waals surface area contributed by atoms with Crippen molar-refractivity contribution < 1.29 is 18.0 Å². The molecule has 1 amide bonds. The van der Waals surface area contributed by atoms with E-state index in [4.69, 9.17) is 5.73 Å². The number of hydrogen-bond acceptors (Lipinski definition) is 2. The Morgan fingerprint density at radius 2 is 1.75 bits per heavy atom. The lowest BCUT2D eigenvalue weighted by molar-refractivity contribution is -0.137. The summed E-state index contributed by atoms with van der Waals surface area (Å²) in [5, 5.41) is 0. The lowest BCUT2D eigenvalue weighted by atomic mass is 9.96. The summed E-state index contributed by atoms with van der Waals surface area (Å²) < 4.78 is 37.3. The maximum atomic E-state index is 12.4. The van der Waals surface area contributed by atoms with Crippen molar-refractivity contribution in [3.8, 4) is 0 Å². The van der Waals surface area contributed by atoms with Crippen LogP contribution in [-0.2, 0) is 17.5 Å². The zero-order chi connectivity index (χ0) is 14.8. The molecular weight excluding hydrogens is 269 g/mol. The fourth-order valence-electron chi connectivity index (χ4n) is 2.43. The lowest BCUT2D eigenvalue weighted by Crippen LogP contribution is -2.38. The Morgan fingerprint density at radius 3 is 2.20 bits per heavy atom. The summed E-state index contributed by atoms with van der Waals surface area (Å²) in [4.78, 5) is 13.2. The van der Waals surface area contributed by atoms with Crippen LogP contribution in [0.3, 0.4) is 0 Å². The van der Waals surface area contributed by atoms with Crippen molar-refractivity contribution in [3.63, 3.8) is 0 Å². The Morgan fingerprint density at radius 1 is 1.20 bits per heavy atom. The number of primary amides is 1. The molecule has 3 nitrogen and oxygen atoms in total. The number of benzene rings is 1. The van der Waals surface area contributed by atoms with Crippen molar-refractivity contribution in [1.82, 2.24) is 4.90 Å². The second kappa shape index (κ2) is 5.83. The third-order valence-corrected chi connectivity index (χ3v) is 3.68.